The molecule has 2 aromatic rings. The molecule has 0 spiro atoms. The number of carbonyl (C=O) groups is 1. The van der Waals surface area contributed by atoms with Gasteiger partial charge in [0.05, 0.1) is 4.88 Å². The third-order valence-electron chi connectivity index (χ3n) is 1.80. The number of hydrogen-bond acceptors (Lipinski definition) is 2. The molecule has 0 aliphatic rings. The van der Waals surface area contributed by atoms with E-state index in [0.29, 0.717) is 0 Å². The third-order valence-corrected chi connectivity index (χ3v) is 4.55. The summed E-state index contributed by atoms with van der Waals surface area (Å²) < 4.78 is 4.25. The van der Waals surface area contributed by atoms with Crippen molar-refractivity contribution in [3.63, 3.8) is 0 Å². The maximum atomic E-state index is 11.6. The average Bonchev–Trinajstić information content (AvgIpc) is 2.84. The Morgan fingerprint density at radius 3 is 2.62 bits per heavy atom. The lowest BCUT2D eigenvalue weighted by molar-refractivity contribution is -0.535. The number of hydrogen-bond donors (Lipinski definition) is 0. The van der Waals surface area contributed by atoms with Crippen LogP contribution in [0.15, 0.2) is 47.8 Å². The number of halogens is 1. The number of thiophene rings is 1. The highest BCUT2D eigenvalue weighted by Crippen LogP contribution is 2.07. The summed E-state index contributed by atoms with van der Waals surface area (Å²) in [4.78, 5) is 12.3. The Labute approximate surface area is 109 Å². The van der Waals surface area contributed by atoms with E-state index in [-0.39, 0.29) is 27.0 Å². The van der Waals surface area contributed by atoms with Gasteiger partial charge in [-0.05, 0) is 23.6 Å². The summed E-state index contributed by atoms with van der Waals surface area (Å²) in [6, 6.07) is 13.8. The molecular formula is C13H8IOS+. The molecule has 1 aromatic heterocycles. The van der Waals surface area contributed by atoms with E-state index >= 15 is 0 Å². The molecule has 0 atom stereocenters. The number of benzene rings is 1. The molecular weight excluding hydrogens is 331 g/mol. The Bertz CT molecular complexity index is 520. The predicted molar refractivity (Wildman–Crippen MR) is 61.6 cm³/mol. The van der Waals surface area contributed by atoms with Crippen molar-refractivity contribution in [1.29, 1.82) is 0 Å². The molecule has 16 heavy (non-hydrogen) atoms. The Morgan fingerprint density at radius 2 is 1.94 bits per heavy atom. The first kappa shape index (κ1) is 11.4. The van der Waals surface area contributed by atoms with Gasteiger partial charge in [-0.25, -0.2) is 0 Å². The minimum absolute atomic E-state index is 0.0642. The van der Waals surface area contributed by atoms with Crippen molar-refractivity contribution in [2.24, 2.45) is 0 Å². The van der Waals surface area contributed by atoms with Crippen LogP contribution in [-0.2, 0) is 0 Å². The molecule has 2 rings (SSSR count). The van der Waals surface area contributed by atoms with Crippen LogP contribution in [0.5, 0.6) is 0 Å². The van der Waals surface area contributed by atoms with Crippen LogP contribution in [0.1, 0.15) is 9.67 Å². The van der Waals surface area contributed by atoms with Gasteiger partial charge in [0.25, 0.3) is 0 Å². The fourth-order valence-electron chi connectivity index (χ4n) is 1.07. The van der Waals surface area contributed by atoms with Crippen molar-refractivity contribution in [2.45, 2.75) is 0 Å². The Morgan fingerprint density at radius 1 is 1.12 bits per heavy atom. The first-order chi connectivity index (χ1) is 7.86. The zero-order chi connectivity index (χ0) is 11.2. The fourth-order valence-corrected chi connectivity index (χ4v) is 3.15. The van der Waals surface area contributed by atoms with Crippen molar-refractivity contribution in [1.82, 2.24) is 0 Å². The van der Waals surface area contributed by atoms with E-state index in [9.17, 15) is 4.79 Å². The molecule has 0 N–H and O–H groups in total. The van der Waals surface area contributed by atoms with Gasteiger partial charge in [0.2, 0.25) is 9.35 Å². The van der Waals surface area contributed by atoms with Crippen LogP contribution in [-0.4, -0.2) is 5.78 Å². The van der Waals surface area contributed by atoms with E-state index in [1.54, 1.807) is 0 Å². The van der Waals surface area contributed by atoms with Gasteiger partial charge in [-0.15, -0.1) is 11.3 Å². The smallest absolute Gasteiger partial charge is 0.278 e. The van der Waals surface area contributed by atoms with E-state index in [1.807, 2.05) is 35.7 Å². The predicted octanol–water partition coefficient (Wildman–Crippen LogP) is -0.149. The highest BCUT2D eigenvalue weighted by atomic mass is 127. The van der Waals surface area contributed by atoms with Crippen LogP contribution in [0.4, 0.5) is 0 Å². The summed E-state index contributed by atoms with van der Waals surface area (Å²) in [5.41, 5.74) is 0. The number of Topliss-reactive ketones (excluding diaryl/α,β-unsaturated/α-hetero) is 1. The van der Waals surface area contributed by atoms with Crippen LogP contribution in [0.2, 0.25) is 0 Å². The average molecular weight is 339 g/mol. The van der Waals surface area contributed by atoms with E-state index in [0.717, 1.165) is 4.88 Å². The molecule has 0 aliphatic heterocycles. The molecule has 1 heterocycles. The van der Waals surface area contributed by atoms with Crippen molar-refractivity contribution in [3.05, 3.63) is 56.3 Å². The van der Waals surface area contributed by atoms with E-state index in [4.69, 9.17) is 0 Å². The van der Waals surface area contributed by atoms with Gasteiger partial charge >= 0.3 is 21.2 Å². The Balaban J connectivity index is 1.99. The molecule has 3 heteroatoms. The van der Waals surface area contributed by atoms with E-state index in [1.165, 1.54) is 14.9 Å². The topological polar surface area (TPSA) is 17.1 Å². The number of carbonyl (C=O) groups excluding carboxylic acids is 1. The highest BCUT2D eigenvalue weighted by Gasteiger charge is 2.08. The quantitative estimate of drug-likeness (QED) is 0.423. The lowest BCUT2D eigenvalue weighted by Crippen LogP contribution is -3.59. The van der Waals surface area contributed by atoms with Crippen molar-refractivity contribution < 1.29 is 26.0 Å². The van der Waals surface area contributed by atoms with Crippen LogP contribution < -0.4 is 21.2 Å². The number of ketones is 1. The van der Waals surface area contributed by atoms with Gasteiger partial charge in [0.15, 0.2) is 3.93 Å². The van der Waals surface area contributed by atoms with Crippen LogP contribution in [0.3, 0.4) is 0 Å². The SMILES string of the molecule is O=C(C#C[I+]c1ccccc1)c1cccs1. The van der Waals surface area contributed by atoms with Gasteiger partial charge in [0, 0.05) is 5.92 Å². The summed E-state index contributed by atoms with van der Waals surface area (Å²) in [7, 11) is 0. The monoisotopic (exact) mass is 339 g/mol. The summed E-state index contributed by atoms with van der Waals surface area (Å²) in [6.07, 6.45) is 0. The van der Waals surface area contributed by atoms with Gasteiger partial charge in [0.1, 0.15) is 0 Å². The van der Waals surface area contributed by atoms with Crippen LogP contribution in [0.25, 0.3) is 0 Å². The maximum absolute atomic E-state index is 11.6. The molecule has 78 valence electrons. The van der Waals surface area contributed by atoms with Crippen molar-refractivity contribution in [3.8, 4) is 9.85 Å². The summed E-state index contributed by atoms with van der Waals surface area (Å²) in [6.45, 7) is 0. The van der Waals surface area contributed by atoms with Crippen LogP contribution >= 0.6 is 11.3 Å². The molecule has 0 bridgehead atoms. The molecule has 1 nitrogen and oxygen atoms in total. The minimum Gasteiger partial charge on any atom is -0.278 e. The largest absolute Gasteiger partial charge is 0.420 e. The lowest BCUT2D eigenvalue weighted by atomic mass is 10.3. The second-order valence-electron chi connectivity index (χ2n) is 2.92. The summed E-state index contributed by atoms with van der Waals surface area (Å²) in [5.74, 6) is 2.64. The molecule has 0 saturated carbocycles. The standard InChI is InChI=1S/C13H8IOS/c15-12(13-7-4-10-16-13)8-9-14-11-5-2-1-3-6-11/h1-7,10H/q+1. The zero-order valence-electron chi connectivity index (χ0n) is 8.31. The molecule has 0 saturated heterocycles. The molecule has 0 unspecified atom stereocenters. The van der Waals surface area contributed by atoms with Crippen LogP contribution in [0, 0.1) is 13.4 Å². The van der Waals surface area contributed by atoms with E-state index < -0.39 is 0 Å². The lowest BCUT2D eigenvalue weighted by Gasteiger charge is -1.80. The molecule has 1 aromatic carbocycles. The van der Waals surface area contributed by atoms with Gasteiger partial charge in [-0.2, -0.15) is 0 Å². The molecule has 0 radical (unpaired) electrons. The third kappa shape index (κ3) is 3.19. The first-order valence-corrected chi connectivity index (χ1v) is 7.68. The minimum atomic E-state index is -0.361. The second-order valence-corrected chi connectivity index (χ2v) is 6.19. The van der Waals surface area contributed by atoms with E-state index in [2.05, 4.69) is 22.0 Å². The highest BCUT2D eigenvalue weighted by molar-refractivity contribution is 7.12. The Kier molecular flexibility index (Phi) is 4.14. The molecule has 0 amide bonds. The van der Waals surface area contributed by atoms with Crippen molar-refractivity contribution >= 4 is 17.1 Å². The fraction of sp³-hybridized carbons (Fsp3) is 0. The summed E-state index contributed by atoms with van der Waals surface area (Å²) in [5, 5.41) is 1.89. The van der Waals surface area contributed by atoms with Crippen molar-refractivity contribution in [2.75, 3.05) is 0 Å². The zero-order valence-corrected chi connectivity index (χ0v) is 11.3. The van der Waals surface area contributed by atoms with Gasteiger partial charge < -0.3 is 0 Å². The van der Waals surface area contributed by atoms with Gasteiger partial charge in [-0.1, -0.05) is 24.3 Å². The number of rotatable bonds is 2. The molecule has 0 aliphatic carbocycles. The Hall–Kier alpha value is -1.12. The second kappa shape index (κ2) is 5.83. The maximum Gasteiger partial charge on any atom is 0.420 e. The normalized spacial score (nSPS) is 9.25. The first-order valence-electron chi connectivity index (χ1n) is 4.64. The summed E-state index contributed by atoms with van der Waals surface area (Å²) >= 11 is 1.08. The molecule has 0 fully saturated rings. The van der Waals surface area contributed by atoms with Gasteiger partial charge in [-0.3, -0.25) is 4.79 Å².